The maximum Gasteiger partial charge on any atom is 0.282 e. The van der Waals surface area contributed by atoms with Gasteiger partial charge >= 0.3 is 0 Å². The highest BCUT2D eigenvalue weighted by atomic mass is 19.3. The molecule has 6 nitrogen and oxygen atoms in total. The van der Waals surface area contributed by atoms with Gasteiger partial charge in [0, 0.05) is 31.2 Å². The van der Waals surface area contributed by atoms with Crippen molar-refractivity contribution in [2.75, 3.05) is 13.1 Å². The van der Waals surface area contributed by atoms with Gasteiger partial charge in [-0.25, -0.2) is 8.78 Å². The molecule has 1 aliphatic rings. The number of alkyl halides is 2. The summed E-state index contributed by atoms with van der Waals surface area (Å²) in [4.78, 5) is 20.0. The Balaban J connectivity index is 1.81. The highest BCUT2D eigenvalue weighted by molar-refractivity contribution is 5.93. The summed E-state index contributed by atoms with van der Waals surface area (Å²) in [5, 5.41) is 8.23. The van der Waals surface area contributed by atoms with Crippen LogP contribution in [-0.4, -0.2) is 38.7 Å². The van der Waals surface area contributed by atoms with Crippen LogP contribution in [0.25, 0.3) is 10.9 Å². The first-order valence-electron chi connectivity index (χ1n) is 10.3. The summed E-state index contributed by atoms with van der Waals surface area (Å²) in [5.74, 6) is -0.343. The predicted octanol–water partition coefficient (Wildman–Crippen LogP) is 4.38. The lowest BCUT2D eigenvalue weighted by Gasteiger charge is -2.38. The molecular weight excluding hydrogens is 400 g/mol. The van der Waals surface area contributed by atoms with Crippen LogP contribution in [-0.2, 0) is 7.05 Å². The number of carbonyl (C=O) groups is 1. The van der Waals surface area contributed by atoms with Gasteiger partial charge in [-0.2, -0.15) is 5.10 Å². The van der Waals surface area contributed by atoms with Crippen molar-refractivity contribution in [1.29, 1.82) is 0 Å². The summed E-state index contributed by atoms with van der Waals surface area (Å²) in [5.41, 5.74) is 3.40. The zero-order chi connectivity index (χ0) is 22.1. The van der Waals surface area contributed by atoms with Crippen LogP contribution in [0.1, 0.15) is 54.6 Å². The van der Waals surface area contributed by atoms with Gasteiger partial charge in [-0.1, -0.05) is 29.8 Å². The number of benzene rings is 1. The van der Waals surface area contributed by atoms with E-state index >= 15 is 0 Å². The standard InChI is InChI=1S/C23H25F2N5O/c1-4-26-20-14(2)11-12-30(23(31)19-13-18(22(24)25)28-29(19)3)21(20)17-10-9-15-7-5-6-8-16(15)27-17/h5-10,13,21-22,26H,4,11-12H2,1-3H3/t21-/m0/s1. The number of pyridine rings is 1. The number of fused-ring (bicyclic) bond motifs is 1. The Hall–Kier alpha value is -3.29. The Morgan fingerprint density at radius 2 is 2.03 bits per heavy atom. The zero-order valence-electron chi connectivity index (χ0n) is 17.8. The summed E-state index contributed by atoms with van der Waals surface area (Å²) < 4.78 is 27.5. The van der Waals surface area contributed by atoms with Crippen molar-refractivity contribution in [2.24, 2.45) is 7.05 Å². The molecule has 1 amide bonds. The van der Waals surface area contributed by atoms with E-state index < -0.39 is 18.2 Å². The molecule has 0 fully saturated rings. The average Bonchev–Trinajstić information content (AvgIpc) is 3.16. The monoisotopic (exact) mass is 425 g/mol. The molecule has 0 unspecified atom stereocenters. The van der Waals surface area contributed by atoms with Gasteiger partial charge in [0.05, 0.1) is 11.2 Å². The number of nitrogens with zero attached hydrogens (tertiary/aromatic N) is 4. The minimum Gasteiger partial charge on any atom is -0.387 e. The van der Waals surface area contributed by atoms with Gasteiger partial charge in [0.1, 0.15) is 17.4 Å². The molecule has 4 rings (SSSR count). The van der Waals surface area contributed by atoms with Crippen LogP contribution in [0, 0.1) is 0 Å². The molecule has 3 heterocycles. The number of aryl methyl sites for hydroxylation is 1. The van der Waals surface area contributed by atoms with Crippen LogP contribution in [0.15, 0.2) is 53.7 Å². The van der Waals surface area contributed by atoms with Crippen LogP contribution in [0.5, 0.6) is 0 Å². The fourth-order valence-electron chi connectivity index (χ4n) is 4.08. The number of hydrogen-bond donors (Lipinski definition) is 1. The van der Waals surface area contributed by atoms with Gasteiger partial charge in [-0.3, -0.25) is 14.5 Å². The van der Waals surface area contributed by atoms with E-state index in [9.17, 15) is 13.6 Å². The molecule has 0 aliphatic carbocycles. The summed E-state index contributed by atoms with van der Waals surface area (Å²) >= 11 is 0. The molecule has 3 aromatic rings. The SMILES string of the molecule is CCNC1=C(C)CCN(C(=O)c2cc(C(F)F)nn2C)[C@H]1c1ccc2ccccc2n1. The maximum absolute atomic E-state index is 13.5. The number of amides is 1. The summed E-state index contributed by atoms with van der Waals surface area (Å²) in [6.45, 7) is 5.21. The predicted molar refractivity (Wildman–Crippen MR) is 115 cm³/mol. The van der Waals surface area contributed by atoms with E-state index in [0.717, 1.165) is 27.9 Å². The van der Waals surface area contributed by atoms with Crippen molar-refractivity contribution in [3.05, 3.63) is 70.8 Å². The van der Waals surface area contributed by atoms with E-state index in [1.165, 1.54) is 17.8 Å². The van der Waals surface area contributed by atoms with Crippen molar-refractivity contribution < 1.29 is 13.6 Å². The zero-order valence-corrected chi connectivity index (χ0v) is 17.8. The van der Waals surface area contributed by atoms with E-state index in [0.29, 0.717) is 19.5 Å². The van der Waals surface area contributed by atoms with E-state index in [1.807, 2.05) is 50.2 Å². The van der Waals surface area contributed by atoms with Crippen LogP contribution < -0.4 is 5.32 Å². The smallest absolute Gasteiger partial charge is 0.282 e. The van der Waals surface area contributed by atoms with Gasteiger partial charge in [-0.05, 0) is 38.5 Å². The molecule has 31 heavy (non-hydrogen) atoms. The lowest BCUT2D eigenvalue weighted by molar-refractivity contribution is 0.0670. The Labute approximate surface area is 179 Å². The second-order valence-corrected chi connectivity index (χ2v) is 7.68. The lowest BCUT2D eigenvalue weighted by Crippen LogP contribution is -2.43. The number of nitrogens with one attached hydrogen (secondary N) is 1. The Morgan fingerprint density at radius 1 is 1.26 bits per heavy atom. The number of rotatable bonds is 5. The fraction of sp³-hybridized carbons (Fsp3) is 0.348. The molecular formula is C23H25F2N5O. The molecule has 0 radical (unpaired) electrons. The summed E-state index contributed by atoms with van der Waals surface area (Å²) in [7, 11) is 1.51. The van der Waals surface area contributed by atoms with Crippen LogP contribution in [0.4, 0.5) is 8.78 Å². The van der Waals surface area contributed by atoms with Crippen molar-refractivity contribution >= 4 is 16.8 Å². The fourth-order valence-corrected chi connectivity index (χ4v) is 4.08. The van der Waals surface area contributed by atoms with E-state index in [4.69, 9.17) is 4.98 Å². The largest absolute Gasteiger partial charge is 0.387 e. The van der Waals surface area contributed by atoms with Gasteiger partial charge in [0.2, 0.25) is 0 Å². The third-order valence-corrected chi connectivity index (χ3v) is 5.64. The number of carbonyl (C=O) groups excluding carboxylic acids is 1. The first kappa shape index (κ1) is 21.0. The van der Waals surface area contributed by atoms with Gasteiger partial charge < -0.3 is 10.2 Å². The molecule has 0 saturated heterocycles. The third-order valence-electron chi connectivity index (χ3n) is 5.64. The van der Waals surface area contributed by atoms with E-state index in [2.05, 4.69) is 10.4 Å². The lowest BCUT2D eigenvalue weighted by atomic mass is 9.95. The molecule has 0 bridgehead atoms. The number of likely N-dealkylation sites (N-methyl/N-ethyl adjacent to an activating group) is 1. The molecule has 1 atom stereocenters. The molecule has 1 aromatic carbocycles. The van der Waals surface area contributed by atoms with E-state index in [1.54, 1.807) is 4.90 Å². The minimum atomic E-state index is -2.73. The Morgan fingerprint density at radius 3 is 2.74 bits per heavy atom. The number of hydrogen-bond acceptors (Lipinski definition) is 4. The van der Waals surface area contributed by atoms with Crippen molar-refractivity contribution in [3.8, 4) is 0 Å². The second-order valence-electron chi connectivity index (χ2n) is 7.68. The van der Waals surface area contributed by atoms with Gasteiger partial charge in [0.15, 0.2) is 0 Å². The highest BCUT2D eigenvalue weighted by Crippen LogP contribution is 2.35. The molecule has 0 spiro atoms. The summed E-state index contributed by atoms with van der Waals surface area (Å²) in [6.07, 6.45) is -2.04. The number of halogens is 2. The average molecular weight is 425 g/mol. The second kappa shape index (κ2) is 8.45. The minimum absolute atomic E-state index is 0.136. The van der Waals surface area contributed by atoms with Crippen molar-refractivity contribution in [1.82, 2.24) is 25.0 Å². The Bertz CT molecular complexity index is 1150. The van der Waals surface area contributed by atoms with Crippen LogP contribution in [0.3, 0.4) is 0 Å². The normalized spacial score (nSPS) is 17.0. The van der Waals surface area contributed by atoms with Gasteiger partial charge in [0.25, 0.3) is 12.3 Å². The van der Waals surface area contributed by atoms with E-state index in [-0.39, 0.29) is 11.6 Å². The number of para-hydroxylation sites is 1. The molecule has 162 valence electrons. The summed E-state index contributed by atoms with van der Waals surface area (Å²) in [6, 6.07) is 12.5. The molecule has 8 heteroatoms. The molecule has 1 N–H and O–H groups in total. The van der Waals surface area contributed by atoms with Crippen molar-refractivity contribution in [3.63, 3.8) is 0 Å². The quantitative estimate of drug-likeness (QED) is 0.659. The first-order chi connectivity index (χ1) is 14.9. The maximum atomic E-state index is 13.5. The van der Waals surface area contributed by atoms with Crippen LogP contribution >= 0.6 is 0 Å². The van der Waals surface area contributed by atoms with Crippen LogP contribution in [0.2, 0.25) is 0 Å². The number of aromatic nitrogens is 3. The first-order valence-corrected chi connectivity index (χ1v) is 10.3. The highest BCUT2D eigenvalue weighted by Gasteiger charge is 2.35. The molecule has 2 aromatic heterocycles. The topological polar surface area (TPSA) is 63.1 Å². The molecule has 1 aliphatic heterocycles. The van der Waals surface area contributed by atoms with Gasteiger partial charge in [-0.15, -0.1) is 0 Å². The molecule has 0 saturated carbocycles. The third kappa shape index (κ3) is 3.89. The Kier molecular flexibility index (Phi) is 5.71. The van der Waals surface area contributed by atoms with Crippen molar-refractivity contribution in [2.45, 2.75) is 32.7 Å².